The summed E-state index contributed by atoms with van der Waals surface area (Å²) >= 11 is 0. The van der Waals surface area contributed by atoms with Gasteiger partial charge in [0.1, 0.15) is 16.4 Å². The molecule has 1 aromatic carbocycles. The van der Waals surface area contributed by atoms with Crippen LogP contribution in [0.4, 0.5) is 4.39 Å². The molecule has 2 heterocycles. The molecule has 2 aromatic heterocycles. The van der Waals surface area contributed by atoms with Crippen LogP contribution in [0, 0.1) is 5.82 Å². The molecule has 0 amide bonds. The van der Waals surface area contributed by atoms with E-state index >= 15 is 0 Å². The summed E-state index contributed by atoms with van der Waals surface area (Å²) in [7, 11) is -3.84. The lowest BCUT2D eigenvalue weighted by Crippen LogP contribution is -2.30. The Labute approximate surface area is 156 Å². The van der Waals surface area contributed by atoms with Crippen LogP contribution in [-0.2, 0) is 20.0 Å². The van der Waals surface area contributed by atoms with Gasteiger partial charge in [-0.3, -0.25) is 5.10 Å². The molecule has 0 aliphatic carbocycles. The standard InChI is InChI=1S/C18H21FN4O3S/c1-17(2,3)14-10-13(26-23-14)15-20-16(22-21-15)18(4,5)27(24,25)12-8-6-11(19)7-9-12/h6-10H,1-5H3,(H,20,21,22). The van der Waals surface area contributed by atoms with Crippen LogP contribution in [-0.4, -0.2) is 28.8 Å². The van der Waals surface area contributed by atoms with Crippen molar-refractivity contribution < 1.29 is 17.3 Å². The third kappa shape index (κ3) is 3.39. The van der Waals surface area contributed by atoms with Gasteiger partial charge in [0.25, 0.3) is 0 Å². The van der Waals surface area contributed by atoms with Gasteiger partial charge in [-0.15, -0.1) is 5.10 Å². The van der Waals surface area contributed by atoms with Crippen LogP contribution in [0.25, 0.3) is 11.6 Å². The summed E-state index contributed by atoms with van der Waals surface area (Å²) in [5, 5.41) is 10.8. The fourth-order valence-electron chi connectivity index (χ4n) is 2.41. The molecular weight excluding hydrogens is 371 g/mol. The van der Waals surface area contributed by atoms with E-state index in [1.54, 1.807) is 6.07 Å². The van der Waals surface area contributed by atoms with Crippen molar-refractivity contribution in [2.45, 2.75) is 49.7 Å². The average Bonchev–Trinajstić information content (AvgIpc) is 3.24. The summed E-state index contributed by atoms with van der Waals surface area (Å²) in [5.41, 5.74) is 0.536. The van der Waals surface area contributed by atoms with Gasteiger partial charge in [0.2, 0.25) is 11.6 Å². The van der Waals surface area contributed by atoms with Crippen molar-refractivity contribution in [1.29, 1.82) is 0 Å². The van der Waals surface area contributed by atoms with Crippen molar-refractivity contribution in [1.82, 2.24) is 20.3 Å². The van der Waals surface area contributed by atoms with Crippen molar-refractivity contribution in [3.05, 3.63) is 47.7 Å². The topological polar surface area (TPSA) is 102 Å². The predicted molar refractivity (Wildman–Crippen MR) is 97.2 cm³/mol. The Kier molecular flexibility index (Phi) is 4.46. The first-order valence-electron chi connectivity index (χ1n) is 8.33. The number of hydrogen-bond donors (Lipinski definition) is 1. The minimum absolute atomic E-state index is 0.00142. The number of sulfone groups is 1. The quantitative estimate of drug-likeness (QED) is 0.681. The third-order valence-corrected chi connectivity index (χ3v) is 6.78. The van der Waals surface area contributed by atoms with E-state index in [0.717, 1.165) is 17.8 Å². The highest BCUT2D eigenvalue weighted by Crippen LogP contribution is 2.34. The Morgan fingerprint density at radius 2 is 1.70 bits per heavy atom. The number of aromatic amines is 1. The van der Waals surface area contributed by atoms with Gasteiger partial charge >= 0.3 is 0 Å². The highest BCUT2D eigenvalue weighted by Gasteiger charge is 2.41. The third-order valence-electron chi connectivity index (χ3n) is 4.35. The monoisotopic (exact) mass is 392 g/mol. The number of aromatic nitrogens is 4. The Hall–Kier alpha value is -2.55. The fraction of sp³-hybridized carbons (Fsp3) is 0.389. The number of rotatable bonds is 4. The van der Waals surface area contributed by atoms with E-state index in [4.69, 9.17) is 4.52 Å². The minimum atomic E-state index is -3.84. The van der Waals surface area contributed by atoms with Gasteiger partial charge in [-0.2, -0.15) is 0 Å². The first-order valence-corrected chi connectivity index (χ1v) is 9.82. The van der Waals surface area contributed by atoms with Gasteiger partial charge < -0.3 is 4.52 Å². The van der Waals surface area contributed by atoms with Gasteiger partial charge in [-0.1, -0.05) is 25.9 Å². The zero-order chi connectivity index (χ0) is 20.0. The first kappa shape index (κ1) is 19.2. The molecule has 0 aliphatic rings. The number of hydrogen-bond acceptors (Lipinski definition) is 6. The lowest BCUT2D eigenvalue weighted by Gasteiger charge is -2.22. The summed E-state index contributed by atoms with van der Waals surface area (Å²) in [6.45, 7) is 9.01. The molecular formula is C18H21FN4O3S. The second-order valence-corrected chi connectivity index (χ2v) is 10.3. The van der Waals surface area contributed by atoms with Crippen LogP contribution in [0.2, 0.25) is 0 Å². The van der Waals surface area contributed by atoms with Gasteiger partial charge in [0.05, 0.1) is 10.6 Å². The van der Waals surface area contributed by atoms with Crippen LogP contribution in [0.5, 0.6) is 0 Å². The molecule has 0 bridgehead atoms. The number of H-pyrrole nitrogens is 1. The van der Waals surface area contributed by atoms with Gasteiger partial charge in [0, 0.05) is 11.5 Å². The van der Waals surface area contributed by atoms with Crippen LogP contribution < -0.4 is 0 Å². The van der Waals surface area contributed by atoms with Crippen LogP contribution in [0.3, 0.4) is 0 Å². The Morgan fingerprint density at radius 1 is 1.07 bits per heavy atom. The average molecular weight is 392 g/mol. The van der Waals surface area contributed by atoms with E-state index in [0.29, 0.717) is 5.76 Å². The molecule has 144 valence electrons. The molecule has 7 nitrogen and oxygen atoms in total. The Morgan fingerprint density at radius 3 is 2.26 bits per heavy atom. The number of halogens is 1. The van der Waals surface area contributed by atoms with Crippen molar-refractivity contribution >= 4 is 9.84 Å². The summed E-state index contributed by atoms with van der Waals surface area (Å²) in [4.78, 5) is 4.30. The molecule has 27 heavy (non-hydrogen) atoms. The van der Waals surface area contributed by atoms with Crippen molar-refractivity contribution in [2.24, 2.45) is 0 Å². The molecule has 0 aliphatic heterocycles. The van der Waals surface area contributed by atoms with Gasteiger partial charge in [0.15, 0.2) is 9.84 Å². The van der Waals surface area contributed by atoms with Crippen LogP contribution in [0.1, 0.15) is 46.1 Å². The number of nitrogens with one attached hydrogen (secondary N) is 1. The summed E-state index contributed by atoms with van der Waals surface area (Å²) < 4.78 is 43.0. The second kappa shape index (κ2) is 6.26. The van der Waals surface area contributed by atoms with E-state index < -0.39 is 20.4 Å². The molecule has 0 saturated heterocycles. The highest BCUT2D eigenvalue weighted by atomic mass is 32.2. The number of nitrogens with zero attached hydrogens (tertiary/aromatic N) is 3. The predicted octanol–water partition coefficient (Wildman–Crippen LogP) is 3.61. The van der Waals surface area contributed by atoms with Crippen molar-refractivity contribution in [3.63, 3.8) is 0 Å². The summed E-state index contributed by atoms with van der Waals surface area (Å²) in [5.74, 6) is 0.206. The minimum Gasteiger partial charge on any atom is -0.353 e. The summed E-state index contributed by atoms with van der Waals surface area (Å²) in [6, 6.07) is 6.41. The molecule has 0 radical (unpaired) electrons. The maximum absolute atomic E-state index is 13.1. The zero-order valence-electron chi connectivity index (χ0n) is 15.7. The Bertz CT molecular complexity index is 1060. The normalized spacial score (nSPS) is 13.1. The van der Waals surface area contributed by atoms with Gasteiger partial charge in [-0.05, 0) is 38.1 Å². The van der Waals surface area contributed by atoms with E-state index in [2.05, 4.69) is 20.3 Å². The Balaban J connectivity index is 1.97. The molecule has 1 N–H and O–H groups in total. The SMILES string of the molecule is CC(C)(C)c1cc(-c2n[nH]c(C(C)(C)S(=O)(=O)c3ccc(F)cc3)n2)on1. The van der Waals surface area contributed by atoms with Crippen LogP contribution in [0.15, 0.2) is 39.8 Å². The fourth-order valence-corrected chi connectivity index (χ4v) is 3.84. The zero-order valence-corrected chi connectivity index (χ0v) is 16.6. The molecule has 0 spiro atoms. The number of benzene rings is 1. The molecule has 3 rings (SSSR count). The van der Waals surface area contributed by atoms with E-state index in [1.165, 1.54) is 26.0 Å². The van der Waals surface area contributed by atoms with E-state index in [9.17, 15) is 12.8 Å². The maximum Gasteiger partial charge on any atom is 0.219 e. The largest absolute Gasteiger partial charge is 0.353 e. The van der Waals surface area contributed by atoms with Crippen molar-refractivity contribution in [2.75, 3.05) is 0 Å². The van der Waals surface area contributed by atoms with Crippen LogP contribution >= 0.6 is 0 Å². The second-order valence-electron chi connectivity index (χ2n) is 7.80. The molecule has 0 fully saturated rings. The molecule has 0 atom stereocenters. The van der Waals surface area contributed by atoms with Gasteiger partial charge in [-0.25, -0.2) is 17.8 Å². The maximum atomic E-state index is 13.1. The molecule has 0 unspecified atom stereocenters. The first-order chi connectivity index (χ1) is 12.4. The smallest absolute Gasteiger partial charge is 0.219 e. The van der Waals surface area contributed by atoms with E-state index in [1.807, 2.05) is 20.8 Å². The molecule has 0 saturated carbocycles. The summed E-state index contributed by atoms with van der Waals surface area (Å²) in [6.07, 6.45) is 0. The molecule has 3 aromatic rings. The lowest BCUT2D eigenvalue weighted by molar-refractivity contribution is 0.400. The van der Waals surface area contributed by atoms with E-state index in [-0.39, 0.29) is 22.0 Å². The highest BCUT2D eigenvalue weighted by molar-refractivity contribution is 7.92. The lowest BCUT2D eigenvalue weighted by atomic mass is 9.92. The van der Waals surface area contributed by atoms with Crippen molar-refractivity contribution in [3.8, 4) is 11.6 Å². The molecule has 9 heteroatoms.